The normalized spacial score (nSPS) is 16.0. The molecule has 0 saturated carbocycles. The van der Waals surface area contributed by atoms with Crippen LogP contribution in [0, 0.1) is 0 Å². The average molecular weight is 2120 g/mol. The van der Waals surface area contributed by atoms with Gasteiger partial charge in [0.1, 0.15) is 58.6 Å². The third-order valence-electron chi connectivity index (χ3n) is 22.5. The van der Waals surface area contributed by atoms with Crippen LogP contribution >= 0.6 is 31.9 Å². The van der Waals surface area contributed by atoms with Crippen LogP contribution in [0.2, 0.25) is 0 Å². The molecule has 0 unspecified atom stereocenters. The first-order valence-corrected chi connectivity index (χ1v) is 46.7. The predicted molar refractivity (Wildman–Crippen MR) is 511 cm³/mol. The van der Waals surface area contributed by atoms with Gasteiger partial charge in [-0.2, -0.15) is 65.9 Å². The Kier molecular flexibility index (Phi) is 39.1. The summed E-state index contributed by atoms with van der Waals surface area (Å²) in [6.45, 7) is 34.1. The highest BCUT2D eigenvalue weighted by atomic mass is 79.9. The minimum atomic E-state index is -4.48. The van der Waals surface area contributed by atoms with Crippen molar-refractivity contribution < 1.29 is 143 Å². The molecule has 13 rings (SSSR count). The predicted octanol–water partition coefficient (Wildman–Crippen LogP) is 28.5. The van der Waals surface area contributed by atoms with Gasteiger partial charge in [-0.15, -0.1) is 0 Å². The number of phenols is 2. The Bertz CT molecular complexity index is 5590. The second-order valence-corrected chi connectivity index (χ2v) is 40.3. The molecule has 0 aliphatic carbocycles. The molecule has 0 aromatic heterocycles. The summed E-state index contributed by atoms with van der Waals surface area (Å²) in [6, 6.07) is 41.3. The van der Waals surface area contributed by atoms with Gasteiger partial charge in [0.2, 0.25) is 0 Å². The zero-order valence-corrected chi connectivity index (χ0v) is 84.4. The molecule has 0 radical (unpaired) electrons. The Morgan fingerprint density at radius 2 is 0.752 bits per heavy atom. The number of carbonyl (C=O) groups excluding carboxylic acids is 5. The lowest BCUT2D eigenvalue weighted by atomic mass is 9.75. The van der Waals surface area contributed by atoms with E-state index in [1.54, 1.807) is 94.0 Å². The van der Waals surface area contributed by atoms with Gasteiger partial charge in [0, 0.05) is 57.9 Å². The number of halogens is 17. The first-order chi connectivity index (χ1) is 65.2. The Morgan fingerprint density at radius 1 is 0.397 bits per heavy atom. The van der Waals surface area contributed by atoms with Crippen LogP contribution in [0.15, 0.2) is 202 Å². The minimum Gasteiger partial charge on any atom is -0.508 e. The monoisotopic (exact) mass is 2120 g/mol. The lowest BCUT2D eigenvalue weighted by molar-refractivity contribution is -0.138. The number of alkyl halides is 15. The third kappa shape index (κ3) is 35.8. The molecule has 0 bridgehead atoms. The molecule has 768 valence electrons. The Hall–Kier alpha value is -11.1. The molecule has 2 N–H and O–H groups in total. The SMILES string of the molecule is CC(C)(C)OC(=O)N1CC=C(B2OC(C)(C)C(C)(C)O2)CC1.CC(C)(C)OC(=O)N1CC=C(c2ccc(C(F)(F)F)cc2OCc2ccccc2)CC1.CC(C)(C)OC(=O)N1CCC(c2ccc(C(F)(F)F)cc2O)CC1.COC(=O)c1ccc(-c2cc(C(F)(F)F)ccc2C2CCN(C(=O)OC(C)(C)C)CC2)cc1.FC(F)(F)c1ccc(Br)c(OCc2ccccc2)c1.Oc1cc(C(F)(F)F)ccc1Br. The zero-order valence-electron chi connectivity index (χ0n) is 81.3. The van der Waals surface area contributed by atoms with E-state index in [9.17, 15) is 94.9 Å². The molecule has 141 heavy (non-hydrogen) atoms. The summed E-state index contributed by atoms with van der Waals surface area (Å²) in [5.74, 6) is -1.01. The number of esters is 1. The third-order valence-corrected chi connectivity index (χ3v) is 23.8. The molecule has 5 aliphatic heterocycles. The smallest absolute Gasteiger partial charge is 0.490 e. The van der Waals surface area contributed by atoms with E-state index in [4.69, 9.17) is 47.6 Å². The number of benzene rings is 8. The standard InChI is InChI=1S/C25H28F3NO4.C24H26F3NO3.C17H22F3NO3.C16H28BNO4.C14H10BrF3O.C7H4BrF3O/c1-24(2,3)33-23(31)29-13-11-17(12-14-29)20-10-9-19(25(26,27)28)15-21(20)16-5-7-18(8-6-16)22(30)32-4;1-23(2,3)31-22(29)28-13-11-18(12-14-28)20-10-9-19(24(25,26)27)15-21(20)30-16-17-7-5-4-6-8-17;1-16(2,3)24-15(23)21-8-6-11(7-9-21)13-5-4-12(10-14(13)22)17(18,19)20;1-14(2,3)20-13(19)18-10-8-12(9-11-18)17-21-15(4,5)16(6,7)22-17;15-12-7-6-11(14(16,17)18)8-13(12)19-9-10-4-2-1-3-5-10;8-5-2-1-4(3-6(5)12)7(9,10)11/h5-10,15,17H,11-14H2,1-4H3;4-11,15H,12-14,16H2,1-3H3;4-5,10-11,22H,6-9H2,1-3H3;8H,9-11H2,1-7H3;1-8H,9H2;1-3,12H. The van der Waals surface area contributed by atoms with E-state index in [1.165, 1.54) is 43.5 Å². The molecule has 3 fully saturated rings. The van der Waals surface area contributed by atoms with Crippen molar-refractivity contribution in [2.24, 2.45) is 0 Å². The van der Waals surface area contributed by atoms with Crippen LogP contribution in [0.5, 0.6) is 23.0 Å². The van der Waals surface area contributed by atoms with Crippen molar-refractivity contribution >= 4 is 74.9 Å². The number of aromatic hydroxyl groups is 2. The number of hydrogen-bond donors (Lipinski definition) is 2. The summed E-state index contributed by atoms with van der Waals surface area (Å²) < 4.78 is 242. The number of piperidine rings is 2. The largest absolute Gasteiger partial charge is 0.508 e. The Morgan fingerprint density at radius 3 is 1.13 bits per heavy atom. The summed E-state index contributed by atoms with van der Waals surface area (Å²) in [5.41, 5.74) is 0.147. The molecule has 8 aromatic rings. The van der Waals surface area contributed by atoms with Gasteiger partial charge in [0.05, 0.1) is 60.6 Å². The number of likely N-dealkylation sites (tertiary alicyclic amines) is 2. The number of hydrogen-bond acceptors (Lipinski definition) is 16. The van der Waals surface area contributed by atoms with E-state index >= 15 is 0 Å². The van der Waals surface area contributed by atoms with Gasteiger partial charge in [0.25, 0.3) is 0 Å². The second-order valence-electron chi connectivity index (χ2n) is 38.6. The molecule has 3 saturated heterocycles. The maximum absolute atomic E-state index is 13.4. The van der Waals surface area contributed by atoms with Crippen LogP contribution in [0.1, 0.15) is 227 Å². The maximum atomic E-state index is 13.4. The van der Waals surface area contributed by atoms with E-state index in [1.807, 2.05) is 121 Å². The summed E-state index contributed by atoms with van der Waals surface area (Å²) in [6.07, 6.45) is -16.2. The van der Waals surface area contributed by atoms with Crippen molar-refractivity contribution in [1.29, 1.82) is 0 Å². The van der Waals surface area contributed by atoms with Crippen molar-refractivity contribution in [1.82, 2.24) is 19.6 Å². The number of rotatable bonds is 12. The number of amides is 4. The molecule has 0 spiro atoms. The van der Waals surface area contributed by atoms with Gasteiger partial charge < -0.3 is 72.3 Å². The summed E-state index contributed by atoms with van der Waals surface area (Å²) in [4.78, 5) is 66.9. The number of methoxy groups -OCH3 is 1. The summed E-state index contributed by atoms with van der Waals surface area (Å²) >= 11 is 6.06. The molecular formula is C103H118BBr2F15N4O16. The molecular weight excluding hydrogens is 2000 g/mol. The molecule has 20 nitrogen and oxygen atoms in total. The van der Waals surface area contributed by atoms with E-state index in [0.29, 0.717) is 123 Å². The highest BCUT2D eigenvalue weighted by Gasteiger charge is 2.53. The Labute approximate surface area is 828 Å². The van der Waals surface area contributed by atoms with E-state index in [-0.39, 0.29) is 77.3 Å². The lowest BCUT2D eigenvalue weighted by Gasteiger charge is -2.34. The molecule has 38 heteroatoms. The molecule has 8 aromatic carbocycles. The van der Waals surface area contributed by atoms with Crippen LogP contribution in [-0.4, -0.2) is 160 Å². The van der Waals surface area contributed by atoms with Gasteiger partial charge >= 0.3 is 68.3 Å². The fourth-order valence-electron chi connectivity index (χ4n) is 14.5. The fourth-order valence-corrected chi connectivity index (χ4v) is 15.1. The quantitative estimate of drug-likeness (QED) is 0.0502. The maximum Gasteiger partial charge on any atom is 0.490 e. The number of carbonyl (C=O) groups is 5. The fraction of sp³-hybridized carbons (Fsp3) is 0.447. The van der Waals surface area contributed by atoms with Gasteiger partial charge in [0.15, 0.2) is 0 Å². The Balaban J connectivity index is 0.000000212. The number of nitrogens with zero attached hydrogens (tertiary/aromatic N) is 4. The van der Waals surface area contributed by atoms with E-state index in [2.05, 4.69) is 31.9 Å². The van der Waals surface area contributed by atoms with Crippen molar-refractivity contribution in [3.63, 3.8) is 0 Å². The van der Waals surface area contributed by atoms with E-state index < -0.39 is 105 Å². The topological polar surface area (TPSA) is 222 Å². The van der Waals surface area contributed by atoms with Crippen LogP contribution in [0.25, 0.3) is 16.7 Å². The lowest BCUT2D eigenvalue weighted by Crippen LogP contribution is -2.41. The minimum absolute atomic E-state index is 0.0127. The van der Waals surface area contributed by atoms with Gasteiger partial charge in [-0.05, 0) is 322 Å². The summed E-state index contributed by atoms with van der Waals surface area (Å²) in [7, 11) is 0.955. The summed E-state index contributed by atoms with van der Waals surface area (Å²) in [5, 5.41) is 18.8. The molecule has 5 aliphatic rings. The molecule has 5 heterocycles. The van der Waals surface area contributed by atoms with Crippen molar-refractivity contribution in [3.8, 4) is 34.1 Å². The highest BCUT2D eigenvalue weighted by Crippen LogP contribution is 2.46. The van der Waals surface area contributed by atoms with Crippen molar-refractivity contribution in [2.45, 2.75) is 239 Å². The van der Waals surface area contributed by atoms with Gasteiger partial charge in [-0.25, -0.2) is 24.0 Å². The zero-order chi connectivity index (χ0) is 105. The van der Waals surface area contributed by atoms with Gasteiger partial charge in [-0.3, -0.25) is 0 Å². The van der Waals surface area contributed by atoms with Crippen molar-refractivity contribution in [3.05, 3.63) is 264 Å². The van der Waals surface area contributed by atoms with Crippen LogP contribution < -0.4 is 9.47 Å². The second kappa shape index (κ2) is 47.8. The van der Waals surface area contributed by atoms with E-state index in [0.717, 1.165) is 94.8 Å². The van der Waals surface area contributed by atoms with Crippen LogP contribution in [0.4, 0.5) is 85.0 Å². The first-order valence-electron chi connectivity index (χ1n) is 45.1. The number of phenolic OH excluding ortho intramolecular Hbond substituents is 2. The van der Waals surface area contributed by atoms with Gasteiger partial charge in [-0.1, -0.05) is 103 Å². The molecule has 4 amide bonds. The van der Waals surface area contributed by atoms with Crippen LogP contribution in [-0.2, 0) is 77.1 Å². The highest BCUT2D eigenvalue weighted by molar-refractivity contribution is 9.11. The molecule has 0 atom stereocenters. The number of ether oxygens (including phenoxy) is 7. The van der Waals surface area contributed by atoms with Crippen molar-refractivity contribution in [2.75, 3.05) is 59.5 Å². The first kappa shape index (κ1) is 115. The van der Waals surface area contributed by atoms with Crippen LogP contribution in [0.3, 0.4) is 0 Å². The average Bonchev–Trinajstić information content (AvgIpc) is 1.76.